The SMILES string of the molecule is CCOC(=O)c1c(NC(=O)c2ccccc2C)sc(C(=O)N(C)C)c1C. The fourth-order valence-corrected chi connectivity index (χ4v) is 3.67. The van der Waals surface area contributed by atoms with Gasteiger partial charge in [0.25, 0.3) is 11.8 Å². The minimum absolute atomic E-state index is 0.205. The average molecular weight is 374 g/mol. The molecule has 2 amide bonds. The van der Waals surface area contributed by atoms with Crippen LogP contribution in [-0.4, -0.2) is 43.4 Å². The molecule has 0 aliphatic rings. The molecule has 0 fully saturated rings. The third-order valence-corrected chi connectivity index (χ3v) is 5.04. The number of nitrogens with one attached hydrogen (secondary N) is 1. The Hall–Kier alpha value is -2.67. The van der Waals surface area contributed by atoms with Crippen LogP contribution in [0.25, 0.3) is 0 Å². The third-order valence-electron chi connectivity index (χ3n) is 3.84. The first kappa shape index (κ1) is 19.7. The molecule has 26 heavy (non-hydrogen) atoms. The second kappa shape index (κ2) is 8.14. The van der Waals surface area contributed by atoms with Gasteiger partial charge >= 0.3 is 5.97 Å². The maximum Gasteiger partial charge on any atom is 0.341 e. The normalized spacial score (nSPS) is 10.3. The molecule has 6 nitrogen and oxygen atoms in total. The van der Waals surface area contributed by atoms with Gasteiger partial charge in [-0.3, -0.25) is 9.59 Å². The molecule has 0 aliphatic carbocycles. The molecule has 1 N–H and O–H groups in total. The van der Waals surface area contributed by atoms with E-state index in [1.54, 1.807) is 40.1 Å². The number of carbonyl (C=O) groups is 3. The van der Waals surface area contributed by atoms with E-state index < -0.39 is 5.97 Å². The third kappa shape index (κ3) is 3.94. The summed E-state index contributed by atoms with van der Waals surface area (Å²) < 4.78 is 5.11. The molecule has 0 saturated carbocycles. The molecular weight excluding hydrogens is 352 g/mol. The van der Waals surface area contributed by atoms with Crippen molar-refractivity contribution in [1.82, 2.24) is 4.90 Å². The molecule has 1 heterocycles. The number of ether oxygens (including phenoxy) is 1. The molecule has 0 unspecified atom stereocenters. The molecule has 1 aromatic carbocycles. The standard InChI is InChI=1S/C19H22N2O4S/c1-6-25-19(24)14-12(3)15(18(23)21(4)5)26-17(14)20-16(22)13-10-8-7-9-11(13)2/h7-10H,6H2,1-5H3,(H,20,22). The molecule has 0 spiro atoms. The summed E-state index contributed by atoms with van der Waals surface area (Å²) in [5.74, 6) is -1.12. The Bertz CT molecular complexity index is 855. The lowest BCUT2D eigenvalue weighted by Crippen LogP contribution is -2.21. The van der Waals surface area contributed by atoms with Crippen molar-refractivity contribution in [3.05, 3.63) is 51.4 Å². The lowest BCUT2D eigenvalue weighted by atomic mass is 10.1. The molecule has 138 valence electrons. The van der Waals surface area contributed by atoms with Gasteiger partial charge in [0.2, 0.25) is 0 Å². The molecule has 1 aromatic heterocycles. The zero-order valence-corrected chi connectivity index (χ0v) is 16.3. The van der Waals surface area contributed by atoms with E-state index in [1.807, 2.05) is 19.1 Å². The Morgan fingerprint density at radius 3 is 2.38 bits per heavy atom. The molecule has 7 heteroatoms. The number of hydrogen-bond acceptors (Lipinski definition) is 5. The summed E-state index contributed by atoms with van der Waals surface area (Å²) in [5.41, 5.74) is 2.06. The Kier molecular flexibility index (Phi) is 6.15. The van der Waals surface area contributed by atoms with Crippen LogP contribution >= 0.6 is 11.3 Å². The fourth-order valence-electron chi connectivity index (χ4n) is 2.46. The van der Waals surface area contributed by atoms with Crippen LogP contribution in [0.15, 0.2) is 24.3 Å². The molecule has 0 aliphatic heterocycles. The molecule has 0 bridgehead atoms. The zero-order valence-electron chi connectivity index (χ0n) is 15.5. The molecule has 0 saturated heterocycles. The number of thiophene rings is 1. The van der Waals surface area contributed by atoms with Crippen LogP contribution in [0, 0.1) is 13.8 Å². The van der Waals surface area contributed by atoms with Crippen LogP contribution < -0.4 is 5.32 Å². The number of nitrogens with zero attached hydrogens (tertiary/aromatic N) is 1. The number of esters is 1. The van der Waals surface area contributed by atoms with Crippen LogP contribution in [0.1, 0.15) is 48.4 Å². The number of carbonyl (C=O) groups excluding carboxylic acids is 3. The van der Waals surface area contributed by atoms with Crippen molar-refractivity contribution < 1.29 is 19.1 Å². The second-order valence-electron chi connectivity index (χ2n) is 5.95. The van der Waals surface area contributed by atoms with Gasteiger partial charge in [-0.2, -0.15) is 0 Å². The summed E-state index contributed by atoms with van der Waals surface area (Å²) in [5, 5.41) is 3.09. The summed E-state index contributed by atoms with van der Waals surface area (Å²) in [6.45, 7) is 5.43. The van der Waals surface area contributed by atoms with Gasteiger partial charge in [-0.25, -0.2) is 4.79 Å². The number of hydrogen-bond donors (Lipinski definition) is 1. The zero-order chi connectivity index (χ0) is 19.4. The van der Waals surface area contributed by atoms with Crippen LogP contribution in [0.4, 0.5) is 5.00 Å². The van der Waals surface area contributed by atoms with Gasteiger partial charge in [0.05, 0.1) is 17.0 Å². The molecule has 2 aromatic rings. The van der Waals surface area contributed by atoms with E-state index in [0.29, 0.717) is 21.0 Å². The average Bonchev–Trinajstić information content (AvgIpc) is 2.90. The van der Waals surface area contributed by atoms with Gasteiger partial charge in [-0.15, -0.1) is 11.3 Å². The smallest absolute Gasteiger partial charge is 0.341 e. The van der Waals surface area contributed by atoms with E-state index in [2.05, 4.69) is 5.32 Å². The summed E-state index contributed by atoms with van der Waals surface area (Å²) >= 11 is 1.08. The highest BCUT2D eigenvalue weighted by atomic mass is 32.1. The number of benzene rings is 1. The first-order chi connectivity index (χ1) is 12.3. The maximum atomic E-state index is 12.6. The van der Waals surface area contributed by atoms with Gasteiger partial charge in [-0.05, 0) is 38.0 Å². The minimum Gasteiger partial charge on any atom is -0.462 e. The first-order valence-electron chi connectivity index (χ1n) is 8.17. The van der Waals surface area contributed by atoms with Gasteiger partial charge in [0.1, 0.15) is 5.00 Å². The first-order valence-corrected chi connectivity index (χ1v) is 8.98. The number of aryl methyl sites for hydroxylation is 1. The minimum atomic E-state index is -0.556. The topological polar surface area (TPSA) is 75.7 Å². The van der Waals surface area contributed by atoms with E-state index in [0.717, 1.165) is 16.9 Å². The summed E-state index contributed by atoms with van der Waals surface area (Å²) in [6, 6.07) is 7.16. The van der Waals surface area contributed by atoms with Crippen molar-refractivity contribution in [3.63, 3.8) is 0 Å². The number of anilines is 1. The van der Waals surface area contributed by atoms with Crippen LogP contribution in [0.2, 0.25) is 0 Å². The van der Waals surface area contributed by atoms with Gasteiger partial charge in [0, 0.05) is 19.7 Å². The van der Waals surface area contributed by atoms with Gasteiger partial charge in [-0.1, -0.05) is 18.2 Å². The Balaban J connectivity index is 2.47. The predicted molar refractivity (Wildman–Crippen MR) is 102 cm³/mol. The highest BCUT2D eigenvalue weighted by Gasteiger charge is 2.27. The van der Waals surface area contributed by atoms with Gasteiger partial charge in [0.15, 0.2) is 0 Å². The van der Waals surface area contributed by atoms with Crippen molar-refractivity contribution in [2.24, 2.45) is 0 Å². The highest BCUT2D eigenvalue weighted by Crippen LogP contribution is 2.34. The number of amides is 2. The molecule has 0 atom stereocenters. The highest BCUT2D eigenvalue weighted by molar-refractivity contribution is 7.18. The predicted octanol–water partition coefficient (Wildman–Crippen LogP) is 3.50. The van der Waals surface area contributed by atoms with Crippen molar-refractivity contribution in [2.75, 3.05) is 26.0 Å². The van der Waals surface area contributed by atoms with Crippen LogP contribution in [0.3, 0.4) is 0 Å². The van der Waals surface area contributed by atoms with E-state index in [-0.39, 0.29) is 24.0 Å². The lowest BCUT2D eigenvalue weighted by Gasteiger charge is -2.09. The summed E-state index contributed by atoms with van der Waals surface area (Å²) in [7, 11) is 3.27. The quantitative estimate of drug-likeness (QED) is 0.813. The Labute approximate surface area is 156 Å². The molecular formula is C19H22N2O4S. The summed E-state index contributed by atoms with van der Waals surface area (Å²) in [6.07, 6.45) is 0. The lowest BCUT2D eigenvalue weighted by molar-refractivity contribution is 0.0527. The fraction of sp³-hybridized carbons (Fsp3) is 0.316. The van der Waals surface area contributed by atoms with Crippen molar-refractivity contribution in [2.45, 2.75) is 20.8 Å². The van der Waals surface area contributed by atoms with Crippen molar-refractivity contribution in [3.8, 4) is 0 Å². The second-order valence-corrected chi connectivity index (χ2v) is 6.97. The van der Waals surface area contributed by atoms with Crippen molar-refractivity contribution >= 4 is 34.1 Å². The Morgan fingerprint density at radius 1 is 1.15 bits per heavy atom. The van der Waals surface area contributed by atoms with Crippen LogP contribution in [0.5, 0.6) is 0 Å². The van der Waals surface area contributed by atoms with E-state index in [4.69, 9.17) is 4.74 Å². The van der Waals surface area contributed by atoms with Crippen molar-refractivity contribution in [1.29, 1.82) is 0 Å². The van der Waals surface area contributed by atoms with Crippen LogP contribution in [-0.2, 0) is 4.74 Å². The van der Waals surface area contributed by atoms with E-state index >= 15 is 0 Å². The van der Waals surface area contributed by atoms with E-state index in [1.165, 1.54) is 4.90 Å². The summed E-state index contributed by atoms with van der Waals surface area (Å²) in [4.78, 5) is 39.3. The largest absolute Gasteiger partial charge is 0.462 e. The Morgan fingerprint density at radius 2 is 1.81 bits per heavy atom. The maximum absolute atomic E-state index is 12.6. The monoisotopic (exact) mass is 374 g/mol. The van der Waals surface area contributed by atoms with E-state index in [9.17, 15) is 14.4 Å². The molecule has 0 radical (unpaired) electrons. The van der Waals surface area contributed by atoms with Gasteiger partial charge < -0.3 is 15.0 Å². The number of rotatable bonds is 5. The molecule has 2 rings (SSSR count).